The van der Waals surface area contributed by atoms with Crippen molar-refractivity contribution >= 4 is 39.2 Å². The third-order valence-corrected chi connectivity index (χ3v) is 3.95. The molecular formula is C16H11BrFNO. The zero-order chi connectivity index (χ0) is 14.3. The second-order valence-electron chi connectivity index (χ2n) is 4.61. The first-order chi connectivity index (χ1) is 9.58. The number of benzene rings is 2. The van der Waals surface area contributed by atoms with Crippen LogP contribution in [0.4, 0.5) is 10.1 Å². The van der Waals surface area contributed by atoms with Gasteiger partial charge in [-0.15, -0.1) is 0 Å². The SMILES string of the molecule is CN1C(=O)C(=Cc2ccc(F)c(Br)c2)c2ccccc21. The number of amides is 1. The molecule has 0 aliphatic carbocycles. The lowest BCUT2D eigenvalue weighted by Crippen LogP contribution is -2.20. The molecule has 0 aromatic heterocycles. The standard InChI is InChI=1S/C16H11BrFNO/c1-19-15-5-3-2-4-11(15)12(16(19)20)8-10-6-7-14(18)13(17)9-10/h2-9H,1H3. The van der Waals surface area contributed by atoms with Crippen LogP contribution in [0.25, 0.3) is 11.6 Å². The maximum atomic E-state index is 13.2. The van der Waals surface area contributed by atoms with Gasteiger partial charge >= 0.3 is 0 Å². The molecule has 1 heterocycles. The zero-order valence-corrected chi connectivity index (χ0v) is 12.3. The van der Waals surface area contributed by atoms with Crippen LogP contribution in [0.2, 0.25) is 0 Å². The monoisotopic (exact) mass is 331 g/mol. The summed E-state index contributed by atoms with van der Waals surface area (Å²) in [6.07, 6.45) is 1.79. The van der Waals surface area contributed by atoms with E-state index >= 15 is 0 Å². The molecule has 100 valence electrons. The van der Waals surface area contributed by atoms with Gasteiger partial charge in [0, 0.05) is 18.2 Å². The van der Waals surface area contributed by atoms with Gasteiger partial charge in [0.15, 0.2) is 0 Å². The highest BCUT2D eigenvalue weighted by Crippen LogP contribution is 2.36. The van der Waals surface area contributed by atoms with Crippen LogP contribution in [-0.4, -0.2) is 13.0 Å². The summed E-state index contributed by atoms with van der Waals surface area (Å²) >= 11 is 3.15. The van der Waals surface area contributed by atoms with Gasteiger partial charge in [0.1, 0.15) is 5.82 Å². The third kappa shape index (κ3) is 2.06. The Balaban J connectivity index is 2.12. The fourth-order valence-corrected chi connectivity index (χ4v) is 2.70. The number of fused-ring (bicyclic) bond motifs is 1. The van der Waals surface area contributed by atoms with Gasteiger partial charge in [-0.25, -0.2) is 4.39 Å². The molecule has 2 aromatic rings. The summed E-state index contributed by atoms with van der Waals surface area (Å²) in [4.78, 5) is 13.9. The average molecular weight is 332 g/mol. The molecular weight excluding hydrogens is 321 g/mol. The van der Waals surface area contributed by atoms with Crippen LogP contribution in [0.15, 0.2) is 46.9 Å². The van der Waals surface area contributed by atoms with E-state index in [9.17, 15) is 9.18 Å². The van der Waals surface area contributed by atoms with Gasteiger partial charge in [-0.05, 0) is 45.8 Å². The summed E-state index contributed by atoms with van der Waals surface area (Å²) in [7, 11) is 1.75. The van der Waals surface area contributed by atoms with Gasteiger partial charge in [-0.2, -0.15) is 0 Å². The molecule has 1 amide bonds. The molecule has 0 bridgehead atoms. The molecule has 0 fully saturated rings. The van der Waals surface area contributed by atoms with Gasteiger partial charge < -0.3 is 4.90 Å². The molecule has 0 radical (unpaired) electrons. The van der Waals surface area contributed by atoms with Crippen molar-refractivity contribution in [3.05, 3.63) is 63.9 Å². The maximum Gasteiger partial charge on any atom is 0.258 e. The smallest absolute Gasteiger partial charge is 0.258 e. The van der Waals surface area contributed by atoms with E-state index < -0.39 is 0 Å². The molecule has 1 aliphatic heterocycles. The van der Waals surface area contributed by atoms with Crippen molar-refractivity contribution in [3.63, 3.8) is 0 Å². The number of hydrogen-bond donors (Lipinski definition) is 0. The number of halogens is 2. The second-order valence-corrected chi connectivity index (χ2v) is 5.47. The molecule has 20 heavy (non-hydrogen) atoms. The first-order valence-corrected chi connectivity index (χ1v) is 6.91. The Bertz CT molecular complexity index is 739. The fourth-order valence-electron chi connectivity index (χ4n) is 2.31. The van der Waals surface area contributed by atoms with E-state index in [-0.39, 0.29) is 11.7 Å². The number of hydrogen-bond acceptors (Lipinski definition) is 1. The Morgan fingerprint density at radius 3 is 2.70 bits per heavy atom. The van der Waals surface area contributed by atoms with Gasteiger partial charge in [0.25, 0.3) is 5.91 Å². The van der Waals surface area contributed by atoms with Crippen molar-refractivity contribution in [2.45, 2.75) is 0 Å². The normalized spacial score (nSPS) is 15.8. The van der Waals surface area contributed by atoms with Crippen molar-refractivity contribution < 1.29 is 9.18 Å². The molecule has 2 aromatic carbocycles. The highest BCUT2D eigenvalue weighted by Gasteiger charge is 2.28. The minimum atomic E-state index is -0.317. The molecule has 0 saturated heterocycles. The van der Waals surface area contributed by atoms with E-state index in [0.29, 0.717) is 10.0 Å². The number of anilines is 1. The predicted octanol–water partition coefficient (Wildman–Crippen LogP) is 4.11. The fraction of sp³-hybridized carbons (Fsp3) is 0.0625. The van der Waals surface area contributed by atoms with Crippen LogP contribution < -0.4 is 4.90 Å². The Labute approximate surface area is 124 Å². The van der Waals surface area contributed by atoms with E-state index in [1.54, 1.807) is 30.2 Å². The number of likely N-dealkylation sites (N-methyl/N-ethyl adjacent to an activating group) is 1. The minimum Gasteiger partial charge on any atom is -0.311 e. The predicted molar refractivity (Wildman–Crippen MR) is 81.8 cm³/mol. The molecule has 1 aliphatic rings. The molecule has 3 rings (SSSR count). The first kappa shape index (κ1) is 13.1. The lowest BCUT2D eigenvalue weighted by atomic mass is 10.0. The van der Waals surface area contributed by atoms with E-state index in [2.05, 4.69) is 15.9 Å². The molecule has 0 spiro atoms. The topological polar surface area (TPSA) is 20.3 Å². The van der Waals surface area contributed by atoms with Crippen LogP contribution in [0.3, 0.4) is 0 Å². The number of carbonyl (C=O) groups excluding carboxylic acids is 1. The Morgan fingerprint density at radius 2 is 1.95 bits per heavy atom. The van der Waals surface area contributed by atoms with Gasteiger partial charge in [-0.3, -0.25) is 4.79 Å². The lowest BCUT2D eigenvalue weighted by Gasteiger charge is -2.07. The maximum absolute atomic E-state index is 13.2. The number of rotatable bonds is 1. The molecule has 0 saturated carbocycles. The van der Waals surface area contributed by atoms with Gasteiger partial charge in [-0.1, -0.05) is 24.3 Å². The Kier molecular flexibility index (Phi) is 3.18. The molecule has 4 heteroatoms. The summed E-state index contributed by atoms with van der Waals surface area (Å²) in [5.41, 5.74) is 3.21. The van der Waals surface area contributed by atoms with Crippen molar-refractivity contribution in [1.82, 2.24) is 0 Å². The van der Waals surface area contributed by atoms with Crippen molar-refractivity contribution in [1.29, 1.82) is 0 Å². The van der Waals surface area contributed by atoms with E-state index in [1.165, 1.54) is 6.07 Å². The van der Waals surface area contributed by atoms with Crippen LogP contribution in [0.1, 0.15) is 11.1 Å². The molecule has 0 N–H and O–H groups in total. The van der Waals surface area contributed by atoms with Crippen molar-refractivity contribution in [2.24, 2.45) is 0 Å². The Morgan fingerprint density at radius 1 is 1.20 bits per heavy atom. The van der Waals surface area contributed by atoms with Gasteiger partial charge in [0.05, 0.1) is 10.2 Å². The largest absolute Gasteiger partial charge is 0.311 e. The van der Waals surface area contributed by atoms with Crippen molar-refractivity contribution in [2.75, 3.05) is 11.9 Å². The highest BCUT2D eigenvalue weighted by atomic mass is 79.9. The summed E-state index contributed by atoms with van der Waals surface area (Å²) in [5.74, 6) is -0.367. The van der Waals surface area contributed by atoms with Gasteiger partial charge in [0.2, 0.25) is 0 Å². The quantitative estimate of drug-likeness (QED) is 0.720. The first-order valence-electron chi connectivity index (χ1n) is 6.12. The number of para-hydroxylation sites is 1. The highest BCUT2D eigenvalue weighted by molar-refractivity contribution is 9.10. The van der Waals surface area contributed by atoms with Crippen LogP contribution in [0.5, 0.6) is 0 Å². The zero-order valence-electron chi connectivity index (χ0n) is 10.7. The lowest BCUT2D eigenvalue weighted by molar-refractivity contribution is -0.112. The van der Waals surface area contributed by atoms with E-state index in [0.717, 1.165) is 16.8 Å². The van der Waals surface area contributed by atoms with Crippen LogP contribution in [0, 0.1) is 5.82 Å². The molecule has 0 atom stereocenters. The Hall–Kier alpha value is -1.94. The second kappa shape index (κ2) is 4.87. The van der Waals surface area contributed by atoms with Crippen LogP contribution >= 0.6 is 15.9 Å². The molecule has 0 unspecified atom stereocenters. The van der Waals surface area contributed by atoms with E-state index in [1.807, 2.05) is 24.3 Å². The summed E-state index contributed by atoms with van der Waals surface area (Å²) in [6.45, 7) is 0. The third-order valence-electron chi connectivity index (χ3n) is 3.35. The van der Waals surface area contributed by atoms with Crippen LogP contribution in [-0.2, 0) is 4.79 Å². The summed E-state index contributed by atoms with van der Waals surface area (Å²) < 4.78 is 13.6. The van der Waals surface area contributed by atoms with Crippen molar-refractivity contribution in [3.8, 4) is 0 Å². The molecule has 2 nitrogen and oxygen atoms in total. The average Bonchev–Trinajstić information content (AvgIpc) is 2.69. The van der Waals surface area contributed by atoms with E-state index in [4.69, 9.17) is 0 Å². The number of nitrogens with zero attached hydrogens (tertiary/aromatic N) is 1. The number of carbonyl (C=O) groups is 1. The minimum absolute atomic E-state index is 0.0494. The summed E-state index contributed by atoms with van der Waals surface area (Å²) in [6, 6.07) is 12.3. The summed E-state index contributed by atoms with van der Waals surface area (Å²) in [5, 5.41) is 0.